The standard InChI is InChI=1S/C16H19F4NO2/c1-15(23-2)6-3-8-21(9-7-15)14(22)11-4-5-13(17)12(10-11)16(18,19)20/h4-5,10H,3,6-9H2,1-2H3/t15-/m1/s1. The molecule has 0 N–H and O–H groups in total. The molecular formula is C16H19F4NO2. The normalized spacial score (nSPS) is 22.8. The van der Waals surface area contributed by atoms with Crippen LogP contribution in [-0.4, -0.2) is 36.6 Å². The summed E-state index contributed by atoms with van der Waals surface area (Å²) in [5.74, 6) is -1.90. The predicted octanol–water partition coefficient (Wildman–Crippen LogP) is 3.88. The van der Waals surface area contributed by atoms with Crippen molar-refractivity contribution in [3.05, 3.63) is 35.1 Å². The number of nitrogens with zero attached hydrogens (tertiary/aromatic N) is 1. The Bertz CT molecular complexity index is 588. The number of hydrogen-bond donors (Lipinski definition) is 0. The van der Waals surface area contributed by atoms with E-state index >= 15 is 0 Å². The molecule has 7 heteroatoms. The Morgan fingerprint density at radius 1 is 1.26 bits per heavy atom. The molecule has 1 aliphatic rings. The average molecular weight is 333 g/mol. The highest BCUT2D eigenvalue weighted by molar-refractivity contribution is 5.94. The first kappa shape index (κ1) is 17.7. The van der Waals surface area contributed by atoms with Crippen molar-refractivity contribution in [2.24, 2.45) is 0 Å². The molecule has 0 radical (unpaired) electrons. The molecule has 0 unspecified atom stereocenters. The molecule has 0 aliphatic carbocycles. The monoisotopic (exact) mass is 333 g/mol. The zero-order valence-electron chi connectivity index (χ0n) is 13.0. The van der Waals surface area contributed by atoms with Gasteiger partial charge in [0.2, 0.25) is 0 Å². The minimum atomic E-state index is -4.83. The molecule has 3 nitrogen and oxygen atoms in total. The molecule has 0 aromatic heterocycles. The summed E-state index contributed by atoms with van der Waals surface area (Å²) < 4.78 is 57.1. The number of hydrogen-bond acceptors (Lipinski definition) is 2. The van der Waals surface area contributed by atoms with Crippen LogP contribution >= 0.6 is 0 Å². The summed E-state index contributed by atoms with van der Waals surface area (Å²) in [6, 6.07) is 2.36. The van der Waals surface area contributed by atoms with Crippen molar-refractivity contribution in [2.75, 3.05) is 20.2 Å². The van der Waals surface area contributed by atoms with Crippen molar-refractivity contribution < 1.29 is 27.1 Å². The molecule has 23 heavy (non-hydrogen) atoms. The summed E-state index contributed by atoms with van der Waals surface area (Å²) in [7, 11) is 1.60. The van der Waals surface area contributed by atoms with Gasteiger partial charge >= 0.3 is 6.18 Å². The van der Waals surface area contributed by atoms with Gasteiger partial charge in [0, 0.05) is 25.8 Å². The van der Waals surface area contributed by atoms with Gasteiger partial charge in [0.15, 0.2) is 0 Å². The minimum Gasteiger partial charge on any atom is -0.378 e. The number of carbonyl (C=O) groups is 1. The van der Waals surface area contributed by atoms with Crippen molar-refractivity contribution >= 4 is 5.91 Å². The van der Waals surface area contributed by atoms with Gasteiger partial charge in [-0.3, -0.25) is 4.79 Å². The third-order valence-corrected chi connectivity index (χ3v) is 4.34. The molecule has 1 heterocycles. The third-order valence-electron chi connectivity index (χ3n) is 4.34. The second kappa shape index (κ2) is 6.47. The summed E-state index contributed by atoms with van der Waals surface area (Å²) in [6.07, 6.45) is -2.76. The lowest BCUT2D eigenvalue weighted by atomic mass is 9.97. The van der Waals surface area contributed by atoms with Crippen molar-refractivity contribution in [3.8, 4) is 0 Å². The van der Waals surface area contributed by atoms with Gasteiger partial charge in [0.25, 0.3) is 5.91 Å². The van der Waals surface area contributed by atoms with Crippen LogP contribution in [0.15, 0.2) is 18.2 Å². The van der Waals surface area contributed by atoms with E-state index in [0.29, 0.717) is 38.1 Å². The van der Waals surface area contributed by atoms with Gasteiger partial charge in [0.1, 0.15) is 5.82 Å². The van der Waals surface area contributed by atoms with E-state index in [4.69, 9.17) is 4.74 Å². The van der Waals surface area contributed by atoms with Gasteiger partial charge in [-0.1, -0.05) is 0 Å². The Morgan fingerprint density at radius 2 is 1.96 bits per heavy atom. The maximum absolute atomic E-state index is 13.3. The highest BCUT2D eigenvalue weighted by Crippen LogP contribution is 2.32. The largest absolute Gasteiger partial charge is 0.419 e. The highest BCUT2D eigenvalue weighted by atomic mass is 19.4. The minimum absolute atomic E-state index is 0.153. The van der Waals surface area contributed by atoms with Crippen LogP contribution in [0.5, 0.6) is 0 Å². The summed E-state index contributed by atoms with van der Waals surface area (Å²) in [4.78, 5) is 13.9. The molecule has 0 saturated carbocycles. The van der Waals surface area contributed by atoms with Gasteiger partial charge < -0.3 is 9.64 Å². The number of alkyl halides is 3. The second-order valence-corrected chi connectivity index (χ2v) is 5.99. The number of likely N-dealkylation sites (tertiary alicyclic amines) is 1. The van der Waals surface area contributed by atoms with Gasteiger partial charge in [-0.25, -0.2) is 4.39 Å². The van der Waals surface area contributed by atoms with E-state index in [0.717, 1.165) is 12.5 Å². The molecule has 1 amide bonds. The van der Waals surface area contributed by atoms with E-state index < -0.39 is 23.5 Å². The van der Waals surface area contributed by atoms with Crippen molar-refractivity contribution in [1.29, 1.82) is 0 Å². The van der Waals surface area contributed by atoms with E-state index in [1.165, 1.54) is 4.90 Å². The fraction of sp³-hybridized carbons (Fsp3) is 0.562. The Kier molecular flexibility index (Phi) is 4.98. The van der Waals surface area contributed by atoms with E-state index in [2.05, 4.69) is 0 Å². The van der Waals surface area contributed by atoms with Gasteiger partial charge in [-0.15, -0.1) is 0 Å². The molecule has 1 aromatic carbocycles. The van der Waals surface area contributed by atoms with Crippen LogP contribution in [0.3, 0.4) is 0 Å². The molecule has 2 rings (SSSR count). The van der Waals surface area contributed by atoms with Crippen LogP contribution in [0.1, 0.15) is 42.1 Å². The molecule has 0 spiro atoms. The first-order valence-electron chi connectivity index (χ1n) is 7.37. The van der Waals surface area contributed by atoms with E-state index in [1.54, 1.807) is 7.11 Å². The molecule has 1 aromatic rings. The molecule has 1 saturated heterocycles. The van der Waals surface area contributed by atoms with Crippen LogP contribution in [0.2, 0.25) is 0 Å². The van der Waals surface area contributed by atoms with E-state index in [1.807, 2.05) is 6.92 Å². The smallest absolute Gasteiger partial charge is 0.378 e. The Balaban J connectivity index is 2.21. The summed E-state index contributed by atoms with van der Waals surface area (Å²) in [6.45, 7) is 2.78. The number of amides is 1. The van der Waals surface area contributed by atoms with Crippen LogP contribution < -0.4 is 0 Å². The number of halogens is 4. The average Bonchev–Trinajstić information content (AvgIpc) is 2.68. The molecule has 1 fully saturated rings. The van der Waals surface area contributed by atoms with Crippen LogP contribution in [-0.2, 0) is 10.9 Å². The highest BCUT2D eigenvalue weighted by Gasteiger charge is 2.35. The topological polar surface area (TPSA) is 29.5 Å². The third kappa shape index (κ3) is 4.02. The lowest BCUT2D eigenvalue weighted by molar-refractivity contribution is -0.140. The zero-order valence-corrected chi connectivity index (χ0v) is 13.0. The molecule has 1 aliphatic heterocycles. The quantitative estimate of drug-likeness (QED) is 0.769. The Hall–Kier alpha value is -1.63. The molecular weight excluding hydrogens is 314 g/mol. The lowest BCUT2D eigenvalue weighted by Gasteiger charge is -2.26. The summed E-state index contributed by atoms with van der Waals surface area (Å²) >= 11 is 0. The van der Waals surface area contributed by atoms with Crippen molar-refractivity contribution in [2.45, 2.75) is 38.0 Å². The first-order valence-corrected chi connectivity index (χ1v) is 7.37. The molecule has 1 atom stereocenters. The number of methoxy groups -OCH3 is 1. The summed E-state index contributed by atoms with van der Waals surface area (Å²) in [5.41, 5.74) is -1.91. The van der Waals surface area contributed by atoms with Gasteiger partial charge in [-0.05, 0) is 44.4 Å². The van der Waals surface area contributed by atoms with Crippen molar-refractivity contribution in [3.63, 3.8) is 0 Å². The Morgan fingerprint density at radius 3 is 2.57 bits per heavy atom. The number of benzene rings is 1. The molecule has 128 valence electrons. The van der Waals surface area contributed by atoms with E-state index in [9.17, 15) is 22.4 Å². The van der Waals surface area contributed by atoms with Crippen LogP contribution in [0.25, 0.3) is 0 Å². The predicted molar refractivity (Wildman–Crippen MR) is 76.6 cm³/mol. The van der Waals surface area contributed by atoms with Gasteiger partial charge in [0.05, 0.1) is 11.2 Å². The number of ether oxygens (including phenoxy) is 1. The second-order valence-electron chi connectivity index (χ2n) is 5.99. The van der Waals surface area contributed by atoms with E-state index in [-0.39, 0.29) is 11.2 Å². The lowest BCUT2D eigenvalue weighted by Crippen LogP contribution is -2.34. The van der Waals surface area contributed by atoms with Crippen LogP contribution in [0, 0.1) is 5.82 Å². The first-order chi connectivity index (χ1) is 10.7. The summed E-state index contributed by atoms with van der Waals surface area (Å²) in [5, 5.41) is 0. The molecule has 0 bridgehead atoms. The number of rotatable bonds is 2. The maximum atomic E-state index is 13.3. The Labute approximate surface area is 132 Å². The zero-order chi connectivity index (χ0) is 17.3. The van der Waals surface area contributed by atoms with Crippen LogP contribution in [0.4, 0.5) is 17.6 Å². The van der Waals surface area contributed by atoms with Crippen molar-refractivity contribution in [1.82, 2.24) is 4.90 Å². The fourth-order valence-corrected chi connectivity index (χ4v) is 2.72. The number of carbonyl (C=O) groups excluding carboxylic acids is 1. The van der Waals surface area contributed by atoms with Gasteiger partial charge in [-0.2, -0.15) is 13.2 Å². The maximum Gasteiger partial charge on any atom is 0.419 e. The SMILES string of the molecule is CO[C@]1(C)CCCN(C(=O)c2ccc(F)c(C(F)(F)F)c2)CC1. The fourth-order valence-electron chi connectivity index (χ4n) is 2.72.